The third kappa shape index (κ3) is 17.8. The van der Waals surface area contributed by atoms with Gasteiger partial charge in [0.2, 0.25) is 0 Å². The van der Waals surface area contributed by atoms with Crippen LogP contribution in [0.4, 0.5) is 0 Å². The molecule has 0 saturated carbocycles. The van der Waals surface area contributed by atoms with E-state index in [-0.39, 0.29) is 48.8 Å². The van der Waals surface area contributed by atoms with E-state index >= 15 is 0 Å². The highest BCUT2D eigenvalue weighted by molar-refractivity contribution is 4.81. The van der Waals surface area contributed by atoms with E-state index < -0.39 is 0 Å². The van der Waals surface area contributed by atoms with E-state index in [1.807, 2.05) is 6.08 Å². The van der Waals surface area contributed by atoms with Crippen molar-refractivity contribution < 1.29 is 37.9 Å². The van der Waals surface area contributed by atoms with E-state index in [4.69, 9.17) is 37.9 Å². The Bertz CT molecular complexity index is 549. The Morgan fingerprint density at radius 3 is 0.974 bits per heavy atom. The number of hydrogen-bond donors (Lipinski definition) is 0. The summed E-state index contributed by atoms with van der Waals surface area (Å²) in [5, 5.41) is 0. The zero-order chi connectivity index (χ0) is 29.5. The van der Waals surface area contributed by atoms with Crippen LogP contribution in [0.1, 0.15) is 84.0 Å². The topological polar surface area (TPSA) is 73.8 Å². The van der Waals surface area contributed by atoms with Crippen molar-refractivity contribution in [2.45, 2.75) is 133 Å². The van der Waals surface area contributed by atoms with Gasteiger partial charge in [-0.3, -0.25) is 0 Å². The van der Waals surface area contributed by atoms with E-state index in [9.17, 15) is 0 Å². The van der Waals surface area contributed by atoms with Gasteiger partial charge in [-0.2, -0.15) is 0 Å². The van der Waals surface area contributed by atoms with Gasteiger partial charge in [-0.1, -0.05) is 32.3 Å². The summed E-state index contributed by atoms with van der Waals surface area (Å²) in [6.07, 6.45) is 13.2. The first-order valence-electron chi connectivity index (χ1n) is 14.7. The molecule has 0 rings (SSSR count). The van der Waals surface area contributed by atoms with Crippen LogP contribution in [-0.2, 0) is 37.9 Å². The normalized spacial score (nSPS) is 18.2. The van der Waals surface area contributed by atoms with Crippen LogP contribution in [0.2, 0.25) is 0 Å². The second kappa shape index (κ2) is 25.2. The highest BCUT2D eigenvalue weighted by Gasteiger charge is 2.27. The fraction of sp³-hybridized carbons (Fsp3) is 0.935. The lowest BCUT2D eigenvalue weighted by atomic mass is 9.94. The van der Waals surface area contributed by atoms with E-state index in [0.717, 1.165) is 57.8 Å². The molecule has 0 aliphatic carbocycles. The summed E-state index contributed by atoms with van der Waals surface area (Å²) in [5.74, 6) is 0. The molecule has 0 saturated heterocycles. The highest BCUT2D eigenvalue weighted by atomic mass is 16.5. The second-order valence-electron chi connectivity index (χ2n) is 10.5. The molecule has 8 nitrogen and oxygen atoms in total. The minimum atomic E-state index is -0.0176. The third-order valence-corrected chi connectivity index (χ3v) is 7.91. The van der Waals surface area contributed by atoms with Crippen LogP contribution in [0, 0.1) is 0 Å². The lowest BCUT2D eigenvalue weighted by Gasteiger charge is -2.30. The van der Waals surface area contributed by atoms with Crippen molar-refractivity contribution in [3.05, 3.63) is 12.7 Å². The molecular weight excluding hydrogens is 500 g/mol. The molecule has 8 atom stereocenters. The summed E-state index contributed by atoms with van der Waals surface area (Å²) < 4.78 is 46.4. The molecule has 0 heterocycles. The van der Waals surface area contributed by atoms with Gasteiger partial charge in [0.15, 0.2) is 0 Å². The van der Waals surface area contributed by atoms with E-state index in [0.29, 0.717) is 0 Å². The first-order valence-corrected chi connectivity index (χ1v) is 14.7. The number of hydrogen-bond acceptors (Lipinski definition) is 8. The Kier molecular flexibility index (Phi) is 24.8. The van der Waals surface area contributed by atoms with Gasteiger partial charge in [0.1, 0.15) is 0 Å². The Morgan fingerprint density at radius 2 is 0.718 bits per heavy atom. The smallest absolute Gasteiger partial charge is 0.0630 e. The zero-order valence-corrected chi connectivity index (χ0v) is 26.7. The molecule has 0 spiro atoms. The summed E-state index contributed by atoms with van der Waals surface area (Å²) in [4.78, 5) is 0. The van der Waals surface area contributed by atoms with Crippen LogP contribution in [-0.4, -0.2) is 106 Å². The molecule has 0 fully saturated rings. The molecular formula is C31H62O8. The predicted molar refractivity (Wildman–Crippen MR) is 158 cm³/mol. The van der Waals surface area contributed by atoms with Crippen molar-refractivity contribution >= 4 is 0 Å². The molecule has 0 amide bonds. The van der Waals surface area contributed by atoms with Crippen LogP contribution in [0.15, 0.2) is 12.7 Å². The van der Waals surface area contributed by atoms with Crippen molar-refractivity contribution in [1.29, 1.82) is 0 Å². The van der Waals surface area contributed by atoms with Crippen LogP contribution in [0.3, 0.4) is 0 Å². The zero-order valence-electron chi connectivity index (χ0n) is 26.7. The van der Waals surface area contributed by atoms with Gasteiger partial charge in [0, 0.05) is 63.3 Å². The summed E-state index contributed by atoms with van der Waals surface area (Å²) in [5.41, 5.74) is 0. The second-order valence-corrected chi connectivity index (χ2v) is 10.5. The van der Waals surface area contributed by atoms with E-state index in [1.165, 1.54) is 19.3 Å². The standard InChI is InChI=1S/C31H62O8/c1-11-13-14-16-25(33-4)18-27(35-6)20-29(37-8)22-31(39-10)23-30(38-9)21-28(36-7)19-26(34-5)17-24(32-3)15-12-2/h12,24-31H,2,11,13-23H2,1,3-10H3. The van der Waals surface area contributed by atoms with Gasteiger partial charge in [-0.05, 0) is 51.4 Å². The summed E-state index contributed by atoms with van der Waals surface area (Å²) in [6.45, 7) is 6.05. The van der Waals surface area contributed by atoms with Crippen LogP contribution < -0.4 is 0 Å². The quantitative estimate of drug-likeness (QED) is 0.0850. The fourth-order valence-corrected chi connectivity index (χ4v) is 5.21. The van der Waals surface area contributed by atoms with Gasteiger partial charge in [-0.15, -0.1) is 6.58 Å². The first-order chi connectivity index (χ1) is 18.9. The molecule has 0 aromatic rings. The molecule has 0 aliphatic heterocycles. The Morgan fingerprint density at radius 1 is 0.436 bits per heavy atom. The predicted octanol–water partition coefficient (Wildman–Crippen LogP) is 5.99. The minimum absolute atomic E-state index is 0.00609. The summed E-state index contributed by atoms with van der Waals surface area (Å²) in [6, 6.07) is 0. The maximum absolute atomic E-state index is 5.89. The lowest BCUT2D eigenvalue weighted by molar-refractivity contribution is -0.0563. The van der Waals surface area contributed by atoms with Crippen molar-refractivity contribution in [2.24, 2.45) is 0 Å². The van der Waals surface area contributed by atoms with Crippen molar-refractivity contribution in [1.82, 2.24) is 0 Å². The molecule has 39 heavy (non-hydrogen) atoms. The highest BCUT2D eigenvalue weighted by Crippen LogP contribution is 2.24. The molecule has 0 bridgehead atoms. The number of unbranched alkanes of at least 4 members (excludes halogenated alkanes) is 2. The average Bonchev–Trinajstić information content (AvgIpc) is 2.96. The van der Waals surface area contributed by atoms with Crippen molar-refractivity contribution in [2.75, 3.05) is 56.9 Å². The number of rotatable bonds is 28. The van der Waals surface area contributed by atoms with Crippen LogP contribution in [0.25, 0.3) is 0 Å². The molecule has 0 aromatic heterocycles. The molecule has 234 valence electrons. The maximum atomic E-state index is 5.89. The molecule has 0 aromatic carbocycles. The van der Waals surface area contributed by atoms with Crippen LogP contribution >= 0.6 is 0 Å². The van der Waals surface area contributed by atoms with Crippen LogP contribution in [0.5, 0.6) is 0 Å². The maximum Gasteiger partial charge on any atom is 0.0630 e. The number of ether oxygens (including phenoxy) is 8. The summed E-state index contributed by atoms with van der Waals surface area (Å²) in [7, 11) is 14.1. The lowest BCUT2D eigenvalue weighted by Crippen LogP contribution is -2.33. The molecule has 8 heteroatoms. The molecule has 8 unspecified atom stereocenters. The van der Waals surface area contributed by atoms with Gasteiger partial charge in [-0.25, -0.2) is 0 Å². The number of methoxy groups -OCH3 is 8. The van der Waals surface area contributed by atoms with Gasteiger partial charge < -0.3 is 37.9 Å². The Balaban J connectivity index is 5.03. The first kappa shape index (κ1) is 38.4. The Labute approximate surface area is 240 Å². The fourth-order valence-electron chi connectivity index (χ4n) is 5.21. The monoisotopic (exact) mass is 562 g/mol. The largest absolute Gasteiger partial charge is 0.381 e. The van der Waals surface area contributed by atoms with Crippen molar-refractivity contribution in [3.63, 3.8) is 0 Å². The molecule has 0 radical (unpaired) electrons. The van der Waals surface area contributed by atoms with Gasteiger partial charge in [0.25, 0.3) is 0 Å². The Hall–Kier alpha value is -0.580. The SMILES string of the molecule is C=CCC(CC(CC(CC(CC(CC(CC(CC(CCCCC)OC)OC)OC)OC)OC)OC)OC)OC. The van der Waals surface area contributed by atoms with E-state index in [2.05, 4.69) is 13.5 Å². The third-order valence-electron chi connectivity index (χ3n) is 7.91. The minimum Gasteiger partial charge on any atom is -0.381 e. The van der Waals surface area contributed by atoms with Gasteiger partial charge in [0.05, 0.1) is 48.8 Å². The molecule has 0 aliphatic rings. The van der Waals surface area contributed by atoms with Gasteiger partial charge >= 0.3 is 0 Å². The van der Waals surface area contributed by atoms with Crippen molar-refractivity contribution in [3.8, 4) is 0 Å². The summed E-state index contributed by atoms with van der Waals surface area (Å²) >= 11 is 0. The average molecular weight is 563 g/mol. The molecule has 0 N–H and O–H groups in total. The van der Waals surface area contributed by atoms with E-state index in [1.54, 1.807) is 56.9 Å².